The maximum absolute atomic E-state index is 12.7. The number of hydrogen-bond acceptors (Lipinski definition) is 4. The highest BCUT2D eigenvalue weighted by Gasteiger charge is 2.42. The van der Waals surface area contributed by atoms with Gasteiger partial charge >= 0.3 is 0 Å². The van der Waals surface area contributed by atoms with Crippen molar-refractivity contribution >= 4 is 17.5 Å². The van der Waals surface area contributed by atoms with E-state index in [0.717, 1.165) is 6.42 Å². The highest BCUT2D eigenvalue weighted by molar-refractivity contribution is 6.30. The standard InChI is InChI=1S/C21H25ClN2O3/c22-18-8-6-17(7-9-18)20(26)24-13-11-19(25)21(27,15-24)14-23-12-10-16-4-2-1-3-5-16/h1-9,19,23,25,27H,10-15H2/t19-,21+/m0/s1. The molecule has 1 fully saturated rings. The fraction of sp³-hybridized carbons (Fsp3) is 0.381. The molecular weight excluding hydrogens is 364 g/mol. The van der Waals surface area contributed by atoms with Crippen molar-refractivity contribution in [3.05, 3.63) is 70.7 Å². The van der Waals surface area contributed by atoms with E-state index in [0.29, 0.717) is 30.1 Å². The Labute approximate surface area is 164 Å². The highest BCUT2D eigenvalue weighted by Crippen LogP contribution is 2.23. The molecule has 1 aliphatic rings. The number of likely N-dealkylation sites (tertiary alicyclic amines) is 1. The maximum atomic E-state index is 12.7. The number of aliphatic hydroxyl groups excluding tert-OH is 1. The Kier molecular flexibility index (Phi) is 6.50. The van der Waals surface area contributed by atoms with Crippen molar-refractivity contribution in [1.29, 1.82) is 0 Å². The summed E-state index contributed by atoms with van der Waals surface area (Å²) in [5.41, 5.74) is 0.368. The van der Waals surface area contributed by atoms with Crippen LogP contribution in [0.3, 0.4) is 0 Å². The number of halogens is 1. The highest BCUT2D eigenvalue weighted by atomic mass is 35.5. The minimum absolute atomic E-state index is 0.0912. The zero-order valence-corrected chi connectivity index (χ0v) is 15.9. The molecule has 0 saturated carbocycles. The van der Waals surface area contributed by atoms with E-state index in [1.165, 1.54) is 5.56 Å². The second-order valence-electron chi connectivity index (χ2n) is 7.05. The van der Waals surface area contributed by atoms with Crippen LogP contribution in [0.4, 0.5) is 0 Å². The minimum Gasteiger partial charge on any atom is -0.390 e. The molecule has 3 N–H and O–H groups in total. The summed E-state index contributed by atoms with van der Waals surface area (Å²) in [5.74, 6) is -0.165. The maximum Gasteiger partial charge on any atom is 0.253 e. The number of benzene rings is 2. The number of nitrogens with one attached hydrogen (secondary N) is 1. The Morgan fingerprint density at radius 1 is 1.19 bits per heavy atom. The second kappa shape index (κ2) is 8.85. The predicted molar refractivity (Wildman–Crippen MR) is 106 cm³/mol. The van der Waals surface area contributed by atoms with E-state index in [2.05, 4.69) is 17.4 Å². The number of carbonyl (C=O) groups excluding carboxylic acids is 1. The number of carbonyl (C=O) groups is 1. The van der Waals surface area contributed by atoms with Gasteiger partial charge < -0.3 is 20.4 Å². The number of nitrogens with zero attached hydrogens (tertiary/aromatic N) is 1. The number of rotatable bonds is 6. The molecule has 0 unspecified atom stereocenters. The lowest BCUT2D eigenvalue weighted by atomic mass is 9.89. The van der Waals surface area contributed by atoms with Crippen molar-refractivity contribution in [1.82, 2.24) is 10.2 Å². The summed E-state index contributed by atoms with van der Waals surface area (Å²) in [4.78, 5) is 14.3. The van der Waals surface area contributed by atoms with Crippen LogP contribution in [0.15, 0.2) is 54.6 Å². The van der Waals surface area contributed by atoms with Crippen LogP contribution in [-0.2, 0) is 6.42 Å². The molecule has 3 rings (SSSR count). The Bertz CT molecular complexity index is 754. The first-order chi connectivity index (χ1) is 13.0. The van der Waals surface area contributed by atoms with Gasteiger partial charge in [0.1, 0.15) is 5.60 Å². The lowest BCUT2D eigenvalue weighted by Gasteiger charge is -2.42. The smallest absolute Gasteiger partial charge is 0.253 e. The average Bonchev–Trinajstić information content (AvgIpc) is 2.68. The summed E-state index contributed by atoms with van der Waals surface area (Å²) < 4.78 is 0. The van der Waals surface area contributed by atoms with Crippen LogP contribution in [0.1, 0.15) is 22.3 Å². The predicted octanol–water partition coefficient (Wildman–Crippen LogP) is 2.11. The van der Waals surface area contributed by atoms with Crippen LogP contribution in [0.2, 0.25) is 5.02 Å². The summed E-state index contributed by atoms with van der Waals surface area (Å²) in [6.45, 7) is 1.42. The summed E-state index contributed by atoms with van der Waals surface area (Å²) in [5, 5.41) is 25.0. The van der Waals surface area contributed by atoms with Gasteiger partial charge in [-0.3, -0.25) is 4.79 Å². The van der Waals surface area contributed by atoms with Crippen molar-refractivity contribution in [2.24, 2.45) is 0 Å². The first-order valence-corrected chi connectivity index (χ1v) is 9.56. The van der Waals surface area contributed by atoms with Gasteiger partial charge in [0.2, 0.25) is 0 Å². The van der Waals surface area contributed by atoms with Crippen molar-refractivity contribution in [2.45, 2.75) is 24.5 Å². The molecule has 2 atom stereocenters. The van der Waals surface area contributed by atoms with E-state index in [-0.39, 0.29) is 19.0 Å². The topological polar surface area (TPSA) is 72.8 Å². The molecule has 0 radical (unpaired) electrons. The third kappa shape index (κ3) is 5.08. The van der Waals surface area contributed by atoms with E-state index < -0.39 is 11.7 Å². The van der Waals surface area contributed by atoms with E-state index >= 15 is 0 Å². The zero-order valence-electron chi connectivity index (χ0n) is 15.1. The molecule has 2 aromatic carbocycles. The molecule has 2 aromatic rings. The van der Waals surface area contributed by atoms with Gasteiger partial charge in [-0.15, -0.1) is 0 Å². The van der Waals surface area contributed by atoms with Crippen LogP contribution in [0.25, 0.3) is 0 Å². The molecule has 1 heterocycles. The Morgan fingerprint density at radius 3 is 2.59 bits per heavy atom. The van der Waals surface area contributed by atoms with E-state index in [9.17, 15) is 15.0 Å². The zero-order chi connectivity index (χ0) is 19.3. The summed E-state index contributed by atoms with van der Waals surface area (Å²) in [6, 6.07) is 16.8. The van der Waals surface area contributed by atoms with Crippen LogP contribution >= 0.6 is 11.6 Å². The Morgan fingerprint density at radius 2 is 1.89 bits per heavy atom. The lowest BCUT2D eigenvalue weighted by Crippen LogP contribution is -2.62. The quantitative estimate of drug-likeness (QED) is 0.663. The molecule has 6 heteroatoms. The number of hydrogen-bond donors (Lipinski definition) is 3. The second-order valence-corrected chi connectivity index (χ2v) is 7.49. The number of aliphatic hydroxyl groups is 2. The Hall–Kier alpha value is -1.92. The lowest BCUT2D eigenvalue weighted by molar-refractivity contribution is -0.111. The van der Waals surface area contributed by atoms with Crippen molar-refractivity contribution in [3.8, 4) is 0 Å². The fourth-order valence-electron chi connectivity index (χ4n) is 3.37. The number of piperidine rings is 1. The molecule has 1 aliphatic heterocycles. The molecule has 5 nitrogen and oxygen atoms in total. The molecule has 1 amide bonds. The monoisotopic (exact) mass is 388 g/mol. The van der Waals surface area contributed by atoms with Crippen molar-refractivity contribution in [2.75, 3.05) is 26.2 Å². The molecule has 1 saturated heterocycles. The van der Waals surface area contributed by atoms with E-state index in [4.69, 9.17) is 11.6 Å². The van der Waals surface area contributed by atoms with Gasteiger partial charge in [0.05, 0.1) is 12.6 Å². The van der Waals surface area contributed by atoms with Gasteiger partial charge in [0.25, 0.3) is 5.91 Å². The van der Waals surface area contributed by atoms with Gasteiger partial charge in [-0.1, -0.05) is 41.9 Å². The number of β-amino-alcohol motifs (C(OH)–C–C–N with tert-alkyl or cyclic N) is 1. The summed E-state index contributed by atoms with van der Waals surface area (Å²) in [6.07, 6.45) is 0.312. The van der Waals surface area contributed by atoms with Gasteiger partial charge in [0, 0.05) is 23.7 Å². The SMILES string of the molecule is O=C(c1ccc(Cl)cc1)N1CC[C@H](O)[C@@](O)(CNCCc2ccccc2)C1. The minimum atomic E-state index is -1.36. The molecule has 0 aliphatic carbocycles. The third-order valence-electron chi connectivity index (χ3n) is 5.00. The molecule has 144 valence electrons. The third-order valence-corrected chi connectivity index (χ3v) is 5.25. The van der Waals surface area contributed by atoms with Gasteiger partial charge in [0.15, 0.2) is 0 Å². The van der Waals surface area contributed by atoms with Crippen LogP contribution in [0, 0.1) is 0 Å². The average molecular weight is 389 g/mol. The summed E-state index contributed by atoms with van der Waals surface area (Å²) in [7, 11) is 0. The van der Waals surface area contributed by atoms with E-state index in [1.54, 1.807) is 29.2 Å². The Balaban J connectivity index is 1.56. The van der Waals surface area contributed by atoms with Gasteiger partial charge in [-0.25, -0.2) is 0 Å². The van der Waals surface area contributed by atoms with Crippen LogP contribution < -0.4 is 5.32 Å². The van der Waals surface area contributed by atoms with Crippen LogP contribution in [0.5, 0.6) is 0 Å². The first kappa shape index (κ1) is 19.8. The van der Waals surface area contributed by atoms with Gasteiger partial charge in [-0.2, -0.15) is 0 Å². The van der Waals surface area contributed by atoms with Crippen molar-refractivity contribution in [3.63, 3.8) is 0 Å². The molecule has 0 spiro atoms. The summed E-state index contributed by atoms with van der Waals surface area (Å²) >= 11 is 5.88. The fourth-order valence-corrected chi connectivity index (χ4v) is 3.49. The number of amides is 1. The molecular formula is C21H25ClN2O3. The van der Waals surface area contributed by atoms with Crippen LogP contribution in [-0.4, -0.2) is 58.9 Å². The molecule has 0 bridgehead atoms. The van der Waals surface area contributed by atoms with Gasteiger partial charge in [-0.05, 0) is 49.2 Å². The van der Waals surface area contributed by atoms with E-state index in [1.807, 2.05) is 18.2 Å². The van der Waals surface area contributed by atoms with Crippen molar-refractivity contribution < 1.29 is 15.0 Å². The normalized spacial score (nSPS) is 22.6. The molecule has 0 aromatic heterocycles. The first-order valence-electron chi connectivity index (χ1n) is 9.18. The largest absolute Gasteiger partial charge is 0.390 e. The molecule has 27 heavy (non-hydrogen) atoms.